The van der Waals surface area contributed by atoms with Crippen molar-refractivity contribution in [1.29, 1.82) is 0 Å². The van der Waals surface area contributed by atoms with Crippen LogP contribution in [0.1, 0.15) is 107 Å². The van der Waals surface area contributed by atoms with E-state index in [0.717, 1.165) is 25.7 Å². The molecule has 0 saturated carbocycles. The maximum absolute atomic E-state index is 7.12. The minimum Gasteiger partial charge on any atom is -0.413 e. The molecule has 194 valence electrons. The standard InChI is InChI=1S/C29H58O2Si2/c1-12-17-18-23-29(9,31-32(10,11)28(6,7)8)24-22-25-20-21-27(26(25)19-13-2)30-33(14-3,15-4)16-5/h13,20,26-27H,2,12,14-19,21-24H2,1,3-11H3/t26-,27+,29?/m1/s1. The van der Waals surface area contributed by atoms with E-state index < -0.39 is 16.6 Å². The van der Waals surface area contributed by atoms with Gasteiger partial charge in [0.1, 0.15) is 0 Å². The van der Waals surface area contributed by atoms with Crippen molar-refractivity contribution in [1.82, 2.24) is 0 Å². The highest BCUT2D eigenvalue weighted by Crippen LogP contribution is 2.44. The molecule has 0 spiro atoms. The summed E-state index contributed by atoms with van der Waals surface area (Å²) in [7, 11) is -3.43. The van der Waals surface area contributed by atoms with Crippen molar-refractivity contribution in [2.75, 3.05) is 0 Å². The number of allylic oxidation sites excluding steroid dienone is 1. The van der Waals surface area contributed by atoms with Gasteiger partial charge < -0.3 is 8.85 Å². The molecule has 0 aromatic rings. The molecule has 0 heterocycles. The molecular weight excluding hydrogens is 436 g/mol. The fourth-order valence-electron chi connectivity index (χ4n) is 5.20. The molecule has 0 N–H and O–H groups in total. The topological polar surface area (TPSA) is 18.5 Å². The number of hydrogen-bond donors (Lipinski definition) is 0. The van der Waals surface area contributed by atoms with Crippen LogP contribution in [0.3, 0.4) is 0 Å². The molecule has 1 aliphatic rings. The number of hydrogen-bond acceptors (Lipinski definition) is 2. The highest BCUT2D eigenvalue weighted by molar-refractivity contribution is 6.74. The minimum absolute atomic E-state index is 0.0363. The first-order valence-corrected chi connectivity index (χ1v) is 19.4. The first-order chi connectivity index (χ1) is 15.3. The van der Waals surface area contributed by atoms with Crippen molar-refractivity contribution in [2.24, 2.45) is 5.92 Å². The lowest BCUT2D eigenvalue weighted by Gasteiger charge is -2.45. The van der Waals surface area contributed by atoms with E-state index in [1.807, 2.05) is 0 Å². The first-order valence-electron chi connectivity index (χ1n) is 14.0. The second-order valence-corrected chi connectivity index (χ2v) is 21.8. The van der Waals surface area contributed by atoms with Crippen LogP contribution in [0.4, 0.5) is 0 Å². The quantitative estimate of drug-likeness (QED) is 0.121. The van der Waals surface area contributed by atoms with Crippen molar-refractivity contribution in [3.63, 3.8) is 0 Å². The van der Waals surface area contributed by atoms with E-state index in [-0.39, 0.29) is 10.6 Å². The van der Waals surface area contributed by atoms with Gasteiger partial charge in [0.2, 0.25) is 0 Å². The summed E-state index contributed by atoms with van der Waals surface area (Å²) < 4.78 is 14.1. The van der Waals surface area contributed by atoms with Gasteiger partial charge >= 0.3 is 0 Å². The molecule has 0 amide bonds. The monoisotopic (exact) mass is 494 g/mol. The Morgan fingerprint density at radius 2 is 1.61 bits per heavy atom. The van der Waals surface area contributed by atoms with Gasteiger partial charge in [0, 0.05) is 5.92 Å². The Balaban J connectivity index is 2.98. The molecule has 1 aliphatic carbocycles. The molecule has 1 unspecified atom stereocenters. The molecule has 0 radical (unpaired) electrons. The van der Waals surface area contributed by atoms with Crippen LogP contribution in [0, 0.1) is 5.92 Å². The molecule has 0 saturated heterocycles. The third-order valence-electron chi connectivity index (χ3n) is 8.85. The van der Waals surface area contributed by atoms with Crippen molar-refractivity contribution in [2.45, 2.75) is 155 Å². The predicted molar refractivity (Wildman–Crippen MR) is 153 cm³/mol. The zero-order valence-corrected chi connectivity index (χ0v) is 26.1. The molecule has 33 heavy (non-hydrogen) atoms. The molecule has 3 atom stereocenters. The minimum atomic E-state index is -1.82. The average molecular weight is 495 g/mol. The third-order valence-corrected chi connectivity index (χ3v) is 18.1. The smallest absolute Gasteiger partial charge is 0.192 e. The van der Waals surface area contributed by atoms with Crippen molar-refractivity contribution < 1.29 is 8.85 Å². The summed E-state index contributed by atoms with van der Waals surface area (Å²) >= 11 is 0. The fourth-order valence-corrected chi connectivity index (χ4v) is 9.84. The van der Waals surface area contributed by atoms with Gasteiger partial charge in [-0.05, 0) is 75.3 Å². The van der Waals surface area contributed by atoms with Crippen LogP contribution in [0.5, 0.6) is 0 Å². The van der Waals surface area contributed by atoms with Gasteiger partial charge in [0.05, 0.1) is 11.7 Å². The normalized spacial score (nSPS) is 21.7. The van der Waals surface area contributed by atoms with Gasteiger partial charge in [-0.2, -0.15) is 0 Å². The first kappa shape index (κ1) is 30.9. The molecule has 0 aromatic carbocycles. The lowest BCUT2D eigenvalue weighted by Crippen LogP contribution is -2.48. The highest BCUT2D eigenvalue weighted by Gasteiger charge is 2.43. The number of unbranched alkanes of at least 4 members (excludes halogenated alkanes) is 2. The van der Waals surface area contributed by atoms with Gasteiger partial charge in [-0.3, -0.25) is 0 Å². The molecule has 0 fully saturated rings. The zero-order chi connectivity index (χ0) is 25.3. The van der Waals surface area contributed by atoms with E-state index in [1.165, 1.54) is 43.8 Å². The van der Waals surface area contributed by atoms with Crippen LogP contribution in [-0.4, -0.2) is 28.3 Å². The van der Waals surface area contributed by atoms with Gasteiger partial charge in [-0.25, -0.2) is 0 Å². The summed E-state index contributed by atoms with van der Waals surface area (Å²) in [5, 5.41) is 0.240. The fraction of sp³-hybridized carbons (Fsp3) is 0.862. The molecule has 1 rings (SSSR count). The van der Waals surface area contributed by atoms with E-state index in [0.29, 0.717) is 12.0 Å². The third kappa shape index (κ3) is 8.77. The summed E-state index contributed by atoms with van der Waals surface area (Å²) in [6.07, 6.45) is 14.3. The van der Waals surface area contributed by atoms with Gasteiger partial charge in [-0.15, -0.1) is 6.58 Å². The Labute approximate surface area is 210 Å². The lowest BCUT2D eigenvalue weighted by molar-refractivity contribution is 0.0504. The summed E-state index contributed by atoms with van der Waals surface area (Å²) in [5.41, 5.74) is 1.57. The Morgan fingerprint density at radius 3 is 2.09 bits per heavy atom. The van der Waals surface area contributed by atoms with Crippen LogP contribution in [0.2, 0.25) is 36.3 Å². The van der Waals surface area contributed by atoms with Gasteiger partial charge in [0.15, 0.2) is 16.6 Å². The molecule has 0 aliphatic heterocycles. The largest absolute Gasteiger partial charge is 0.413 e. The van der Waals surface area contributed by atoms with Gasteiger partial charge in [-0.1, -0.05) is 85.5 Å². The summed E-state index contributed by atoms with van der Waals surface area (Å²) in [4.78, 5) is 0. The molecule has 0 aromatic heterocycles. The maximum Gasteiger partial charge on any atom is 0.192 e. The Morgan fingerprint density at radius 1 is 1.00 bits per heavy atom. The Kier molecular flexibility index (Phi) is 12.4. The Bertz CT molecular complexity index is 607. The lowest BCUT2D eigenvalue weighted by atomic mass is 9.87. The summed E-state index contributed by atoms with van der Waals surface area (Å²) in [6.45, 7) is 27.7. The van der Waals surface area contributed by atoms with Crippen LogP contribution in [0.15, 0.2) is 24.3 Å². The maximum atomic E-state index is 7.12. The zero-order valence-electron chi connectivity index (χ0n) is 24.1. The van der Waals surface area contributed by atoms with Crippen LogP contribution in [-0.2, 0) is 8.85 Å². The predicted octanol–water partition coefficient (Wildman–Crippen LogP) is 10.0. The van der Waals surface area contributed by atoms with E-state index in [9.17, 15) is 0 Å². The average Bonchev–Trinajstić information content (AvgIpc) is 3.11. The van der Waals surface area contributed by atoms with E-state index in [2.05, 4.69) is 87.2 Å². The molecule has 0 bridgehead atoms. The van der Waals surface area contributed by atoms with Crippen molar-refractivity contribution in [3.05, 3.63) is 24.3 Å². The highest BCUT2D eigenvalue weighted by atomic mass is 28.4. The molecule has 2 nitrogen and oxygen atoms in total. The second-order valence-electron chi connectivity index (χ2n) is 12.3. The van der Waals surface area contributed by atoms with Gasteiger partial charge in [0.25, 0.3) is 0 Å². The summed E-state index contributed by atoms with van der Waals surface area (Å²) in [6, 6.07) is 3.67. The van der Waals surface area contributed by atoms with E-state index in [1.54, 1.807) is 5.57 Å². The molecular formula is C29H58O2Si2. The van der Waals surface area contributed by atoms with Crippen LogP contribution < -0.4 is 0 Å². The van der Waals surface area contributed by atoms with E-state index >= 15 is 0 Å². The number of rotatable bonds is 16. The van der Waals surface area contributed by atoms with Crippen molar-refractivity contribution in [3.8, 4) is 0 Å². The van der Waals surface area contributed by atoms with Crippen LogP contribution in [0.25, 0.3) is 0 Å². The van der Waals surface area contributed by atoms with Crippen molar-refractivity contribution >= 4 is 16.6 Å². The molecule has 4 heteroatoms. The Hall–Kier alpha value is -0.166. The SMILES string of the molecule is C=CC[C@@H]1C(CCC(C)(CCCCC)O[Si](C)(C)C(C)(C)C)=CC[C@@H]1O[Si](CC)(CC)CC. The van der Waals surface area contributed by atoms with Crippen LogP contribution >= 0.6 is 0 Å². The summed E-state index contributed by atoms with van der Waals surface area (Å²) in [5.74, 6) is 0.506. The second kappa shape index (κ2) is 13.2. The van der Waals surface area contributed by atoms with E-state index in [4.69, 9.17) is 8.85 Å².